The van der Waals surface area contributed by atoms with Crippen LogP contribution < -0.4 is 0 Å². The van der Waals surface area contributed by atoms with E-state index in [1.807, 2.05) is 40.7 Å². The Kier molecular flexibility index (Phi) is 22.1. The van der Waals surface area contributed by atoms with Crippen LogP contribution in [-0.2, 0) is 90.2 Å². The number of methoxy groups -OCH3 is 4. The van der Waals surface area contributed by atoms with Gasteiger partial charge in [-0.1, -0.05) is 39.3 Å². The predicted molar refractivity (Wildman–Crippen MR) is 303 cm³/mol. The summed E-state index contributed by atoms with van der Waals surface area (Å²) in [5.74, 6) is -3.13. The van der Waals surface area contributed by atoms with Gasteiger partial charge in [-0.15, -0.1) is 0 Å². The van der Waals surface area contributed by atoms with Crippen molar-refractivity contribution in [2.45, 2.75) is 298 Å². The lowest BCUT2D eigenvalue weighted by atomic mass is 9.42. The maximum absolute atomic E-state index is 13.7. The van der Waals surface area contributed by atoms with Gasteiger partial charge < -0.3 is 112 Å². The molecule has 0 bridgehead atoms. The van der Waals surface area contributed by atoms with Gasteiger partial charge in [0.2, 0.25) is 0 Å². The molecule has 5 heterocycles. The molecule has 9 aliphatic rings. The Bertz CT molecular complexity index is 2420. The second-order valence-corrected chi connectivity index (χ2v) is 27.0. The highest BCUT2D eigenvalue weighted by molar-refractivity contribution is 5.80. The summed E-state index contributed by atoms with van der Waals surface area (Å²) in [6.07, 6.45) is -19.0. The molecule has 4 aliphatic carbocycles. The number of esters is 2. The molecular weight excluding hydrogens is 1160 g/mol. The van der Waals surface area contributed by atoms with Gasteiger partial charge in [-0.2, -0.15) is 0 Å². The summed E-state index contributed by atoms with van der Waals surface area (Å²) in [5.41, 5.74) is -5.12. The lowest BCUT2D eigenvalue weighted by Gasteiger charge is -2.68. The van der Waals surface area contributed by atoms with Crippen LogP contribution in [0.4, 0.5) is 0 Å². The van der Waals surface area contributed by atoms with Gasteiger partial charge in [-0.05, 0) is 84.5 Å². The number of carbonyl (C=O) groups is 3. The van der Waals surface area contributed by atoms with E-state index < -0.39 is 200 Å². The summed E-state index contributed by atoms with van der Waals surface area (Å²) in [6, 6.07) is 0. The zero-order valence-corrected chi connectivity index (χ0v) is 53.4. The first-order chi connectivity index (χ1) is 41.5. The number of aliphatic hydroxyl groups excluding tert-OH is 5. The number of hydrogen-bond donors (Lipinski definition) is 7. The summed E-state index contributed by atoms with van der Waals surface area (Å²) >= 11 is 0. The molecule has 0 aromatic carbocycles. The van der Waals surface area contributed by atoms with Crippen molar-refractivity contribution in [3.8, 4) is 0 Å². The van der Waals surface area contributed by atoms with Crippen molar-refractivity contribution >= 4 is 17.7 Å². The third-order valence-corrected chi connectivity index (χ3v) is 21.2. The maximum Gasteiger partial charge on any atom is 0.306 e. The Hall–Kier alpha value is -2.49. The second kappa shape index (κ2) is 27.8. The number of hydrogen-bond acceptors (Lipinski definition) is 26. The highest BCUT2D eigenvalue weighted by Gasteiger charge is 2.81. The summed E-state index contributed by atoms with van der Waals surface area (Å²) in [7, 11) is 6.08. The zero-order valence-electron chi connectivity index (χ0n) is 53.4. The van der Waals surface area contributed by atoms with Gasteiger partial charge in [-0.25, -0.2) is 0 Å². The molecule has 88 heavy (non-hydrogen) atoms. The maximum atomic E-state index is 13.7. The van der Waals surface area contributed by atoms with E-state index in [0.29, 0.717) is 25.7 Å². The molecule has 26 nitrogen and oxygen atoms in total. The van der Waals surface area contributed by atoms with E-state index in [2.05, 4.69) is 0 Å². The highest BCUT2D eigenvalue weighted by Crippen LogP contribution is 2.70. The van der Waals surface area contributed by atoms with Crippen LogP contribution in [0.3, 0.4) is 0 Å². The Morgan fingerprint density at radius 2 is 1.14 bits per heavy atom. The van der Waals surface area contributed by atoms with E-state index in [-0.39, 0.29) is 56.3 Å². The average molecular weight is 1260 g/mol. The largest absolute Gasteiger partial charge is 0.458 e. The van der Waals surface area contributed by atoms with Crippen molar-refractivity contribution in [1.82, 2.24) is 0 Å². The molecule has 0 amide bonds. The van der Waals surface area contributed by atoms with Crippen LogP contribution in [-0.4, -0.2) is 253 Å². The van der Waals surface area contributed by atoms with Gasteiger partial charge in [-0.3, -0.25) is 14.4 Å². The van der Waals surface area contributed by atoms with Crippen LogP contribution in [0.1, 0.15) is 133 Å². The third-order valence-electron chi connectivity index (χ3n) is 21.2. The lowest BCUT2D eigenvalue weighted by Crippen LogP contribution is -2.80. The van der Waals surface area contributed by atoms with E-state index in [0.717, 1.165) is 5.57 Å². The van der Waals surface area contributed by atoms with Gasteiger partial charge in [0.25, 0.3) is 0 Å². The SMILES string of the molecule is CO[C@H]1[C@@H](O)[C@H](O[C@@H]2[C@@H](C)O[C@@H](O[C@H]3[C@@H](OC)C[C@H](O[C@H]4[C@@H](OC)C[C@H](O[C@H]5CC[C@@]6(C)C(=CC[C@]7(O)[C@@H]6[C@H](OC(C)=O)[C@@H](OC(=O)CC(C)C)[C@]6(C)[C@@H](C(C)=O)CC[C@@]67O)C5)O[C@@H]4C)O[C@@H]3C)C[C@H]2OC)O[C@H](C)[C@H]1O[C@@H]1O[C@H](CO)[C@@H](O)[C@H](O)[C@H]1O. The Labute approximate surface area is 515 Å². The molecule has 0 unspecified atom stereocenters. The van der Waals surface area contributed by atoms with Gasteiger partial charge in [0.1, 0.15) is 90.2 Å². The first-order valence-corrected chi connectivity index (χ1v) is 31.5. The van der Waals surface area contributed by atoms with Crippen LogP contribution >= 0.6 is 0 Å². The van der Waals surface area contributed by atoms with E-state index in [1.54, 1.807) is 35.0 Å². The number of ketones is 1. The van der Waals surface area contributed by atoms with Crippen LogP contribution in [0.25, 0.3) is 0 Å². The van der Waals surface area contributed by atoms with Gasteiger partial charge in [0.05, 0.1) is 55.4 Å². The third kappa shape index (κ3) is 13.0. The molecule has 26 heteroatoms. The quantitative estimate of drug-likeness (QED) is 0.0675. The number of Topliss-reactive ketones (excluding diaryl/α,β-unsaturated/α-hetero) is 1. The van der Waals surface area contributed by atoms with Crippen molar-refractivity contribution in [1.29, 1.82) is 0 Å². The monoisotopic (exact) mass is 1260 g/mol. The van der Waals surface area contributed by atoms with Gasteiger partial charge in [0, 0.05) is 78.3 Å². The molecule has 0 radical (unpaired) electrons. The Balaban J connectivity index is 0.798. The van der Waals surface area contributed by atoms with Crippen molar-refractivity contribution in [2.75, 3.05) is 35.0 Å². The average Bonchev–Trinajstić information content (AvgIpc) is 1.25. The van der Waals surface area contributed by atoms with E-state index in [9.17, 15) is 50.1 Å². The van der Waals surface area contributed by atoms with Crippen molar-refractivity contribution < 1.29 is 126 Å². The number of carbonyl (C=O) groups excluding carboxylic acids is 3. The summed E-state index contributed by atoms with van der Waals surface area (Å²) in [6.45, 7) is 16.7. The van der Waals surface area contributed by atoms with E-state index in [4.69, 9.17) is 75.8 Å². The fourth-order valence-corrected chi connectivity index (χ4v) is 16.6. The zero-order chi connectivity index (χ0) is 64.3. The minimum Gasteiger partial charge on any atom is -0.458 e. The topological polar surface area (TPSA) is 340 Å². The molecule has 0 aromatic rings. The fourth-order valence-electron chi connectivity index (χ4n) is 16.6. The Morgan fingerprint density at radius 1 is 0.614 bits per heavy atom. The molecule has 31 atom stereocenters. The fraction of sp³-hybridized carbons (Fsp3) is 0.919. The number of ether oxygens (including phenoxy) is 16. The number of fused-ring (bicyclic) bond motifs is 5. The lowest BCUT2D eigenvalue weighted by molar-refractivity contribution is -0.374. The highest BCUT2D eigenvalue weighted by atomic mass is 16.8. The van der Waals surface area contributed by atoms with Gasteiger partial charge in [0.15, 0.2) is 31.5 Å². The molecule has 9 rings (SSSR count). The van der Waals surface area contributed by atoms with Gasteiger partial charge >= 0.3 is 11.9 Å². The Morgan fingerprint density at radius 3 is 1.65 bits per heavy atom. The summed E-state index contributed by atoms with van der Waals surface area (Å²) < 4.78 is 99.9. The predicted octanol–water partition coefficient (Wildman–Crippen LogP) is 1.79. The molecule has 8 fully saturated rings. The summed E-state index contributed by atoms with van der Waals surface area (Å²) in [5, 5.41) is 78.8. The van der Waals surface area contributed by atoms with Crippen LogP contribution in [0.5, 0.6) is 0 Å². The van der Waals surface area contributed by atoms with Crippen LogP contribution in [0.15, 0.2) is 11.6 Å². The van der Waals surface area contributed by atoms with Crippen molar-refractivity contribution in [3.05, 3.63) is 11.6 Å². The minimum absolute atomic E-state index is 0.0111. The number of aliphatic hydroxyl groups is 7. The van der Waals surface area contributed by atoms with E-state index in [1.165, 1.54) is 28.1 Å². The molecule has 5 saturated heterocycles. The smallest absolute Gasteiger partial charge is 0.306 e. The molecule has 5 aliphatic heterocycles. The van der Waals surface area contributed by atoms with Crippen LogP contribution in [0.2, 0.25) is 0 Å². The standard InChI is InChI=1S/C62H100O26/c1-27(2)21-41(66)84-56-54(81-33(8)65)55-59(9)18-16-35(22-34(59)15-19-61(55,71)62(72)20-17-36(28(3)64)60(56,62)10)82-42-23-37(73-11)49(29(4)77-42)85-43-24-38(74-12)50(30(5)78-43)86-44-25-39(75-13)51(31(6)79-44)87-58-48(70)53(76-14)52(32(7)80-58)88-57-47(69)46(68)45(67)40(26-63)83-57/h15,27,29-32,35-40,42-58,63,67-72H,16-26H2,1-14H3/t29-,30-,31-,32-,35+,36-,37+,38+,39-,40-,42+,43+,44+,45-,46+,47-,48-,49-,50-,51-,52-,53+,54+,55-,56-,57+,58+,59+,60+,61+,62-/m1/s1. The van der Waals surface area contributed by atoms with Crippen molar-refractivity contribution in [2.24, 2.45) is 28.6 Å². The molecule has 7 N–H and O–H groups in total. The first-order valence-electron chi connectivity index (χ1n) is 31.5. The van der Waals surface area contributed by atoms with Crippen molar-refractivity contribution in [3.63, 3.8) is 0 Å². The second-order valence-electron chi connectivity index (χ2n) is 27.0. The summed E-state index contributed by atoms with van der Waals surface area (Å²) in [4.78, 5) is 40.2. The number of rotatable bonds is 20. The molecular formula is C62H100O26. The van der Waals surface area contributed by atoms with Crippen LogP contribution in [0, 0.1) is 28.6 Å². The first kappa shape index (κ1) is 69.8. The minimum atomic E-state index is -1.88. The molecule has 0 spiro atoms. The molecule has 0 aromatic heterocycles. The van der Waals surface area contributed by atoms with E-state index >= 15 is 0 Å². The molecule has 3 saturated carbocycles. The molecule has 504 valence electrons. The normalized spacial score (nSPS) is 49.7.